The molecule has 0 radical (unpaired) electrons. The van der Waals surface area contributed by atoms with Gasteiger partial charge >= 0.3 is 0 Å². The van der Waals surface area contributed by atoms with Crippen molar-refractivity contribution >= 4 is 35.6 Å². The average molecular weight is 374 g/mol. The van der Waals surface area contributed by atoms with Crippen LogP contribution >= 0.6 is 11.6 Å². The van der Waals surface area contributed by atoms with E-state index in [2.05, 4.69) is 15.3 Å². The van der Waals surface area contributed by atoms with Gasteiger partial charge in [0.1, 0.15) is 5.69 Å². The summed E-state index contributed by atoms with van der Waals surface area (Å²) in [6.07, 6.45) is 0.812. The third-order valence-electron chi connectivity index (χ3n) is 4.27. The van der Waals surface area contributed by atoms with Crippen LogP contribution in [-0.2, 0) is 4.79 Å². The highest BCUT2D eigenvalue weighted by Gasteiger charge is 2.23. The summed E-state index contributed by atoms with van der Waals surface area (Å²) in [4.78, 5) is 35.7. The van der Waals surface area contributed by atoms with Crippen LogP contribution in [0, 0.1) is 13.8 Å². The number of hydrogen-bond acceptors (Lipinski definition) is 5. The number of anilines is 2. The minimum absolute atomic E-state index is 0.160. The third kappa shape index (κ3) is 4.11. The monoisotopic (exact) mass is 373 g/mol. The summed E-state index contributed by atoms with van der Waals surface area (Å²) in [6, 6.07) is 7.18. The predicted molar refractivity (Wildman–Crippen MR) is 99.8 cm³/mol. The Kier molecular flexibility index (Phi) is 5.37. The Balaban J connectivity index is 1.80. The fourth-order valence-corrected chi connectivity index (χ4v) is 2.95. The average Bonchev–Trinajstić information content (AvgIpc) is 2.64. The van der Waals surface area contributed by atoms with Crippen LogP contribution in [0.5, 0.6) is 0 Å². The first-order chi connectivity index (χ1) is 12.5. The molecule has 1 aromatic carbocycles. The molecule has 136 valence electrons. The molecule has 2 amide bonds. The number of aromatic nitrogens is 2. The first-order valence-electron chi connectivity index (χ1n) is 8.34. The molecule has 1 N–H and O–H groups in total. The topological polar surface area (TPSA) is 78.4 Å². The lowest BCUT2D eigenvalue weighted by Crippen LogP contribution is -2.48. The molecule has 2 heterocycles. The first-order valence-corrected chi connectivity index (χ1v) is 8.71. The lowest BCUT2D eigenvalue weighted by atomic mass is 10.2. The smallest absolute Gasteiger partial charge is 0.272 e. The van der Waals surface area contributed by atoms with Gasteiger partial charge in [0.2, 0.25) is 12.4 Å². The summed E-state index contributed by atoms with van der Waals surface area (Å²) in [6.45, 7) is 5.83. The predicted octanol–water partition coefficient (Wildman–Crippen LogP) is 2.40. The second-order valence-electron chi connectivity index (χ2n) is 6.24. The maximum atomic E-state index is 12.8. The van der Waals surface area contributed by atoms with Crippen LogP contribution < -0.4 is 5.32 Å². The molecule has 0 saturated carbocycles. The number of carbonyl (C=O) groups excluding carboxylic acids is 2. The minimum atomic E-state index is -0.160. The van der Waals surface area contributed by atoms with E-state index in [-0.39, 0.29) is 5.91 Å². The number of nitrogens with zero attached hydrogens (tertiary/aromatic N) is 4. The van der Waals surface area contributed by atoms with Gasteiger partial charge in [0.05, 0.1) is 0 Å². The second-order valence-corrected chi connectivity index (χ2v) is 6.67. The highest BCUT2D eigenvalue weighted by Crippen LogP contribution is 2.23. The highest BCUT2D eigenvalue weighted by molar-refractivity contribution is 6.30. The number of aryl methyl sites for hydroxylation is 2. The number of piperazine rings is 1. The van der Waals surface area contributed by atoms with Crippen LogP contribution in [0.3, 0.4) is 0 Å². The molecule has 0 atom stereocenters. The molecule has 0 unspecified atom stereocenters. The minimum Gasteiger partial charge on any atom is -0.342 e. The fraction of sp³-hybridized carbons (Fsp3) is 0.333. The SMILES string of the molecule is Cc1cc(C(=O)N2CCN(C=O)CC2)nc(Nc2cc(Cl)ccc2C)n1. The molecular weight excluding hydrogens is 354 g/mol. The quantitative estimate of drug-likeness (QED) is 0.832. The molecule has 3 rings (SSSR count). The van der Waals surface area contributed by atoms with E-state index in [1.54, 1.807) is 21.9 Å². The normalized spacial score (nSPS) is 14.3. The van der Waals surface area contributed by atoms with Gasteiger partial charge in [0.15, 0.2) is 0 Å². The molecule has 26 heavy (non-hydrogen) atoms. The number of hydrogen-bond donors (Lipinski definition) is 1. The number of benzene rings is 1. The molecule has 0 spiro atoms. The van der Waals surface area contributed by atoms with Crippen LogP contribution in [-0.4, -0.2) is 58.3 Å². The Labute approximate surface area is 157 Å². The molecule has 1 fully saturated rings. The van der Waals surface area contributed by atoms with Gasteiger partial charge in [-0.1, -0.05) is 17.7 Å². The molecule has 0 bridgehead atoms. The van der Waals surface area contributed by atoms with E-state index in [0.29, 0.717) is 48.5 Å². The summed E-state index contributed by atoms with van der Waals surface area (Å²) in [5, 5.41) is 3.74. The fourth-order valence-electron chi connectivity index (χ4n) is 2.78. The number of nitrogens with one attached hydrogen (secondary N) is 1. The van der Waals surface area contributed by atoms with Crippen LogP contribution in [0.4, 0.5) is 11.6 Å². The van der Waals surface area contributed by atoms with Crippen molar-refractivity contribution in [3.8, 4) is 0 Å². The van der Waals surface area contributed by atoms with Gasteiger partial charge in [-0.2, -0.15) is 0 Å². The van der Waals surface area contributed by atoms with E-state index in [4.69, 9.17) is 11.6 Å². The Bertz CT molecular complexity index is 834. The van der Waals surface area contributed by atoms with Crippen molar-refractivity contribution in [2.24, 2.45) is 0 Å². The molecule has 1 saturated heterocycles. The zero-order valence-corrected chi connectivity index (χ0v) is 15.5. The van der Waals surface area contributed by atoms with Crippen molar-refractivity contribution in [2.45, 2.75) is 13.8 Å². The van der Waals surface area contributed by atoms with E-state index in [1.165, 1.54) is 0 Å². The Morgan fingerprint density at radius 2 is 1.88 bits per heavy atom. The van der Waals surface area contributed by atoms with Crippen molar-refractivity contribution in [3.63, 3.8) is 0 Å². The van der Waals surface area contributed by atoms with E-state index >= 15 is 0 Å². The van der Waals surface area contributed by atoms with E-state index in [0.717, 1.165) is 17.7 Å². The summed E-state index contributed by atoms with van der Waals surface area (Å²) in [5.74, 6) is 0.192. The van der Waals surface area contributed by atoms with Gasteiger partial charge in [-0.15, -0.1) is 0 Å². The van der Waals surface area contributed by atoms with Crippen molar-refractivity contribution in [1.29, 1.82) is 0 Å². The van der Waals surface area contributed by atoms with Gasteiger partial charge in [-0.05, 0) is 37.6 Å². The zero-order chi connectivity index (χ0) is 18.7. The van der Waals surface area contributed by atoms with E-state index in [9.17, 15) is 9.59 Å². The Morgan fingerprint density at radius 1 is 1.15 bits per heavy atom. The molecule has 1 aliphatic rings. The molecular formula is C18H20ClN5O2. The van der Waals surface area contributed by atoms with Crippen molar-refractivity contribution in [3.05, 3.63) is 46.2 Å². The summed E-state index contributed by atoms with van der Waals surface area (Å²) >= 11 is 6.05. The molecule has 2 aromatic rings. The van der Waals surface area contributed by atoms with Crippen LogP contribution in [0.15, 0.2) is 24.3 Å². The molecule has 1 aliphatic heterocycles. The van der Waals surface area contributed by atoms with Crippen molar-refractivity contribution in [2.75, 3.05) is 31.5 Å². The van der Waals surface area contributed by atoms with Crippen molar-refractivity contribution < 1.29 is 9.59 Å². The Hall–Kier alpha value is -2.67. The largest absolute Gasteiger partial charge is 0.342 e. The summed E-state index contributed by atoms with van der Waals surface area (Å²) in [5.41, 5.74) is 2.81. The van der Waals surface area contributed by atoms with Gasteiger partial charge < -0.3 is 15.1 Å². The number of amides is 2. The lowest BCUT2D eigenvalue weighted by molar-refractivity contribution is -0.119. The van der Waals surface area contributed by atoms with Crippen molar-refractivity contribution in [1.82, 2.24) is 19.8 Å². The number of carbonyl (C=O) groups is 2. The van der Waals surface area contributed by atoms with Crippen LogP contribution in [0.25, 0.3) is 0 Å². The number of rotatable bonds is 4. The van der Waals surface area contributed by atoms with Crippen LogP contribution in [0.1, 0.15) is 21.7 Å². The van der Waals surface area contributed by atoms with Gasteiger partial charge in [-0.3, -0.25) is 9.59 Å². The zero-order valence-electron chi connectivity index (χ0n) is 14.7. The number of halogens is 1. The third-order valence-corrected chi connectivity index (χ3v) is 4.51. The van der Waals surface area contributed by atoms with Gasteiger partial charge in [-0.25, -0.2) is 9.97 Å². The first kappa shape index (κ1) is 18.1. The molecule has 7 nitrogen and oxygen atoms in total. The van der Waals surface area contributed by atoms with Gasteiger partial charge in [0, 0.05) is 42.6 Å². The standard InChI is InChI=1S/C18H20ClN5O2/c1-12-3-4-14(19)10-15(12)21-18-20-13(2)9-16(22-18)17(26)24-7-5-23(11-25)6-8-24/h3-4,9-11H,5-8H2,1-2H3,(H,20,21,22). The summed E-state index contributed by atoms with van der Waals surface area (Å²) in [7, 11) is 0. The molecule has 1 aromatic heterocycles. The highest BCUT2D eigenvalue weighted by atomic mass is 35.5. The van der Waals surface area contributed by atoms with E-state index < -0.39 is 0 Å². The van der Waals surface area contributed by atoms with Gasteiger partial charge in [0.25, 0.3) is 5.91 Å². The van der Waals surface area contributed by atoms with Crippen LogP contribution in [0.2, 0.25) is 5.02 Å². The summed E-state index contributed by atoms with van der Waals surface area (Å²) < 4.78 is 0. The lowest BCUT2D eigenvalue weighted by Gasteiger charge is -2.32. The van der Waals surface area contributed by atoms with E-state index in [1.807, 2.05) is 26.0 Å². The molecule has 0 aliphatic carbocycles. The molecule has 8 heteroatoms. The Morgan fingerprint density at radius 3 is 2.58 bits per heavy atom. The second kappa shape index (κ2) is 7.70. The maximum absolute atomic E-state index is 12.8. The maximum Gasteiger partial charge on any atom is 0.272 e.